The molecule has 3 unspecified atom stereocenters. The largest absolute Gasteiger partial charge is 2.00 e. The third kappa shape index (κ3) is 13.2. The molecule has 4 aromatic carbocycles. The molecule has 86 heavy (non-hydrogen) atoms. The van der Waals surface area contributed by atoms with Gasteiger partial charge in [0.25, 0.3) is 0 Å². The van der Waals surface area contributed by atoms with Crippen LogP contribution in [0.5, 0.6) is 0 Å². The first-order chi connectivity index (χ1) is 40.2. The van der Waals surface area contributed by atoms with Gasteiger partial charge in [0, 0.05) is 46.3 Å². The van der Waals surface area contributed by atoms with E-state index in [1.54, 1.807) is 0 Å². The van der Waals surface area contributed by atoms with Crippen molar-refractivity contribution in [3.63, 3.8) is 0 Å². The van der Waals surface area contributed by atoms with Crippen LogP contribution in [0.3, 0.4) is 0 Å². The SMILES string of the molecule is C[Si](C)(C)O[Si]1(C2CCCC2)O[Si@@]2(C3CCCC3)O[Si]3(C4CCCC4)O[Si](C4CCCC4)(O[Si@]([O-])(C4CCCC4)O2)O[Si@@]([O-])(C2CCCC2)O[Si@](C2CCCC2)(O1)O3.[O-2].[O-2].[V].c1ccc([P+](c2ccccc2)(c2ccccc2)c2ccccc2)cc1. The minimum Gasteiger partial charge on any atom is -2.00 e. The fourth-order valence-electron chi connectivity index (χ4n) is 16.6. The Kier molecular flexibility index (Phi) is 22.1. The molecule has 14 rings (SSSR count). The first kappa shape index (κ1) is 67.9. The molecule has 10 fully saturated rings. The Hall–Kier alpha value is -0.931. The molecule has 7 atom stereocenters. The van der Waals surface area contributed by atoms with Gasteiger partial charge in [0.1, 0.15) is 28.5 Å². The summed E-state index contributed by atoms with van der Waals surface area (Å²) in [6.07, 6.45) is 25.7. The van der Waals surface area contributed by atoms with E-state index in [-0.39, 0.29) is 68.3 Å². The van der Waals surface area contributed by atoms with Gasteiger partial charge in [-0.25, -0.2) is 0 Å². The molecule has 0 spiro atoms. The number of benzene rings is 4. The third-order valence-corrected chi connectivity index (χ3v) is 60.0. The van der Waals surface area contributed by atoms with Crippen molar-refractivity contribution >= 4 is 98.4 Å². The average molecular weight is 1370 g/mol. The van der Waals surface area contributed by atoms with Crippen LogP contribution in [0.2, 0.25) is 58.4 Å². The zero-order valence-corrected chi connectivity index (χ0v) is 61.3. The van der Waals surface area contributed by atoms with Crippen LogP contribution in [0.1, 0.15) is 180 Å². The van der Waals surface area contributed by atoms with Gasteiger partial charge in [0.05, 0.1) is 0 Å². The second-order valence-corrected chi connectivity index (χ2v) is 57.2. The van der Waals surface area contributed by atoms with E-state index in [9.17, 15) is 0 Å². The van der Waals surface area contributed by atoms with Crippen molar-refractivity contribution in [3.05, 3.63) is 121 Å². The zero-order chi connectivity index (χ0) is 56.9. The summed E-state index contributed by atoms with van der Waals surface area (Å²) in [5, 5.41) is 5.55. The molecule has 4 bridgehead atoms. The maximum Gasteiger partial charge on any atom is 0.482 e. The third-order valence-electron chi connectivity index (χ3n) is 20.6. The standard InChI is InChI=1S/C38H72O12Si8.C24H20P.2O.V/c1-51(2,3)41-54(34-22-8-9-23-34)46-56(36-26-12-13-27-36)44-52(39,32-18-4-5-19-32)42-55(35-24-10-11-25-35)43-53(40,33-20-6-7-21-33)45-57(47-54,37-28-14-15-29-37)50-58(48-55,49-56)38-30-16-17-31-38;1-5-13-21(14-6-1)25(22-15-7-2-8-16-22,23-17-9-3-10-18-23)24-19-11-4-12-20-24;;;/h32-38H,4-31H2,1-3H3;1-20H;;;/q-2;+1;2*-2;/t52-,53+,54?,55?,56+,57-,58?;;;;. The van der Waals surface area contributed by atoms with Gasteiger partial charge in [-0.1, -0.05) is 163 Å². The van der Waals surface area contributed by atoms with E-state index in [0.29, 0.717) is 0 Å². The van der Waals surface area contributed by atoms with Gasteiger partial charge in [-0.3, -0.25) is 0 Å². The van der Waals surface area contributed by atoms with Gasteiger partial charge >= 0.3 is 44.0 Å². The van der Waals surface area contributed by atoms with Gasteiger partial charge in [-0.15, -0.1) is 0 Å². The van der Waals surface area contributed by atoms with E-state index < -0.39 is 77.2 Å². The Morgan fingerprint density at radius 2 is 0.535 bits per heavy atom. The predicted octanol–water partition coefficient (Wildman–Crippen LogP) is 13.0. The molecule has 24 heteroatoms. The molecule has 0 aromatic heterocycles. The number of rotatable bonds is 13. The predicted molar refractivity (Wildman–Crippen MR) is 343 cm³/mol. The molecule has 471 valence electrons. The molecule has 7 saturated carbocycles. The van der Waals surface area contributed by atoms with Crippen molar-refractivity contribution < 1.29 is 80.3 Å². The van der Waals surface area contributed by atoms with Crippen LogP contribution in [0.25, 0.3) is 0 Å². The van der Waals surface area contributed by atoms with Gasteiger partial charge in [0.2, 0.25) is 17.6 Å². The normalized spacial score (nSPS) is 34.5. The molecule has 10 aliphatic rings. The van der Waals surface area contributed by atoms with E-state index in [4.69, 9.17) is 41.2 Å². The number of fused-ring (bicyclic) bond motifs is 3. The molecular weight excluding hydrogens is 1280 g/mol. The van der Waals surface area contributed by atoms with Crippen LogP contribution >= 0.6 is 7.26 Å². The maximum atomic E-state index is 16.7. The quantitative estimate of drug-likeness (QED) is 0.0909. The van der Waals surface area contributed by atoms with Gasteiger partial charge < -0.3 is 61.7 Å². The Morgan fingerprint density at radius 3 is 0.779 bits per heavy atom. The van der Waals surface area contributed by atoms with Crippen LogP contribution < -0.4 is 30.8 Å². The maximum absolute atomic E-state index is 16.7. The fraction of sp³-hybridized carbons (Fsp3) is 0.613. The molecule has 3 heterocycles. The first-order valence-corrected chi connectivity index (χ1v) is 50.6. The second kappa shape index (κ2) is 27.9. The smallest absolute Gasteiger partial charge is 0.482 e. The van der Waals surface area contributed by atoms with Crippen LogP contribution in [-0.4, -0.2) is 69.9 Å². The summed E-state index contributed by atoms with van der Waals surface area (Å²) in [6.45, 7) is 6.67. The van der Waals surface area contributed by atoms with Crippen molar-refractivity contribution in [2.24, 2.45) is 0 Å². The van der Waals surface area contributed by atoms with Crippen LogP contribution in [0, 0.1) is 0 Å². The Labute approximate surface area is 534 Å². The van der Waals surface area contributed by atoms with Crippen molar-refractivity contribution in [3.8, 4) is 0 Å². The second-order valence-electron chi connectivity index (χ2n) is 27.2. The Morgan fingerprint density at radius 1 is 0.326 bits per heavy atom. The summed E-state index contributed by atoms with van der Waals surface area (Å²) < 4.78 is 79.2. The summed E-state index contributed by atoms with van der Waals surface area (Å²) >= 11 is 0. The van der Waals surface area contributed by atoms with Gasteiger partial charge in [-0.2, -0.15) is 0 Å². The molecule has 0 N–H and O–H groups in total. The minimum absolute atomic E-state index is 0. The van der Waals surface area contributed by atoms with Gasteiger partial charge in [-0.05, 0) is 169 Å². The molecule has 7 aliphatic carbocycles. The topological polar surface area (TPSA) is 195 Å². The van der Waals surface area contributed by atoms with E-state index >= 15 is 9.59 Å². The summed E-state index contributed by atoms with van der Waals surface area (Å²) in [6, 6.07) is 43.8. The monoisotopic (exact) mass is 1370 g/mol. The van der Waals surface area contributed by atoms with Crippen molar-refractivity contribution in [1.82, 2.24) is 0 Å². The molecular formula is C62H92O14PSi8V-5. The number of hydrogen-bond acceptors (Lipinski definition) is 12. The van der Waals surface area contributed by atoms with E-state index in [1.165, 1.54) is 21.2 Å². The van der Waals surface area contributed by atoms with E-state index in [2.05, 4.69) is 141 Å². The van der Waals surface area contributed by atoms with E-state index in [0.717, 1.165) is 180 Å². The van der Waals surface area contributed by atoms with Crippen molar-refractivity contribution in [2.45, 2.75) is 238 Å². The Balaban J connectivity index is 0.000000246. The van der Waals surface area contributed by atoms with Crippen molar-refractivity contribution in [1.29, 1.82) is 0 Å². The van der Waals surface area contributed by atoms with Crippen molar-refractivity contribution in [2.75, 3.05) is 0 Å². The zero-order valence-electron chi connectivity index (χ0n) is 51.0. The molecule has 3 aliphatic heterocycles. The van der Waals surface area contributed by atoms with E-state index in [1.807, 2.05) is 0 Å². The summed E-state index contributed by atoms with van der Waals surface area (Å²) in [5.74, 6) is 0. The fourth-order valence-corrected chi connectivity index (χ4v) is 68.2. The Bertz CT molecular complexity index is 2540. The van der Waals surface area contributed by atoms with Gasteiger partial charge in [0.15, 0.2) is 8.32 Å². The summed E-state index contributed by atoms with van der Waals surface area (Å²) in [5.41, 5.74) is -1.10. The average Bonchev–Trinajstić information content (AvgIpc) is 1.10. The van der Waals surface area contributed by atoms with Crippen LogP contribution in [-0.2, 0) is 70.7 Å². The number of hydrogen-bond donors (Lipinski definition) is 0. The summed E-state index contributed by atoms with van der Waals surface area (Å²) in [7, 11) is -33.9. The first-order valence-electron chi connectivity index (χ1n) is 32.8. The molecule has 3 saturated heterocycles. The van der Waals surface area contributed by atoms with Crippen LogP contribution in [0.15, 0.2) is 121 Å². The van der Waals surface area contributed by atoms with Crippen LogP contribution in [0.4, 0.5) is 0 Å². The summed E-state index contributed by atoms with van der Waals surface area (Å²) in [4.78, 5) is 33.4. The molecule has 14 nitrogen and oxygen atoms in total. The molecule has 1 radical (unpaired) electrons. The minimum atomic E-state index is -4.55. The molecule has 4 aromatic rings. The molecule has 0 amide bonds.